The van der Waals surface area contributed by atoms with Gasteiger partial charge in [-0.05, 0) is 31.7 Å². The van der Waals surface area contributed by atoms with Crippen LogP contribution in [0, 0.1) is 0 Å². The number of amides is 1. The van der Waals surface area contributed by atoms with Gasteiger partial charge in [0.1, 0.15) is 0 Å². The molecule has 0 fully saturated rings. The summed E-state index contributed by atoms with van der Waals surface area (Å²) in [6.07, 6.45) is 0. The maximum Gasteiger partial charge on any atom is 0.236 e. The number of benzene rings is 1. The molecule has 1 amide bonds. The molecule has 4 heteroatoms. The second-order valence-electron chi connectivity index (χ2n) is 3.76. The minimum absolute atomic E-state index is 0.0538. The van der Waals surface area contributed by atoms with Gasteiger partial charge < -0.3 is 10.2 Å². The van der Waals surface area contributed by atoms with Crippen LogP contribution < -0.4 is 5.32 Å². The van der Waals surface area contributed by atoms with E-state index < -0.39 is 0 Å². The van der Waals surface area contributed by atoms with Crippen molar-refractivity contribution in [3.05, 3.63) is 34.9 Å². The Hall–Kier alpha value is -1.06. The number of hydrogen-bond acceptors (Lipinski definition) is 2. The largest absolute Gasteiger partial charge is 0.338 e. The van der Waals surface area contributed by atoms with Gasteiger partial charge in [-0.1, -0.05) is 23.7 Å². The first kappa shape index (κ1) is 13.0. The molecule has 0 bridgehead atoms. The van der Waals surface area contributed by atoms with Crippen LogP contribution in [-0.2, 0) is 4.79 Å². The molecule has 1 N–H and O–H groups in total. The van der Waals surface area contributed by atoms with Gasteiger partial charge >= 0.3 is 0 Å². The molecule has 0 aliphatic carbocycles. The van der Waals surface area contributed by atoms with E-state index in [-0.39, 0.29) is 11.9 Å². The Balaban J connectivity index is 2.73. The van der Waals surface area contributed by atoms with Crippen molar-refractivity contribution < 1.29 is 4.79 Å². The summed E-state index contributed by atoms with van der Waals surface area (Å²) in [6, 6.07) is 7.61. The summed E-state index contributed by atoms with van der Waals surface area (Å²) < 4.78 is 0. The molecular weight excluding hydrogens is 224 g/mol. The molecule has 0 saturated carbocycles. The monoisotopic (exact) mass is 240 g/mol. The molecule has 1 aromatic rings. The minimum atomic E-state index is 0.0538. The molecule has 0 radical (unpaired) electrons. The molecule has 16 heavy (non-hydrogen) atoms. The highest BCUT2D eigenvalue weighted by Gasteiger charge is 2.16. The SMILES string of the molecule is CNCC(=O)N(C)C(C)c1ccc(Cl)cc1. The van der Waals surface area contributed by atoms with Crippen LogP contribution >= 0.6 is 11.6 Å². The van der Waals surface area contributed by atoms with E-state index in [2.05, 4.69) is 5.32 Å². The summed E-state index contributed by atoms with van der Waals surface area (Å²) in [4.78, 5) is 13.4. The van der Waals surface area contributed by atoms with Crippen LogP contribution in [0.25, 0.3) is 0 Å². The average Bonchev–Trinajstić information content (AvgIpc) is 2.28. The highest BCUT2D eigenvalue weighted by Crippen LogP contribution is 2.20. The fraction of sp³-hybridized carbons (Fsp3) is 0.417. The lowest BCUT2D eigenvalue weighted by Gasteiger charge is -2.25. The van der Waals surface area contributed by atoms with E-state index in [1.54, 1.807) is 19.0 Å². The van der Waals surface area contributed by atoms with Gasteiger partial charge in [0.05, 0.1) is 12.6 Å². The van der Waals surface area contributed by atoms with E-state index in [9.17, 15) is 4.79 Å². The first-order chi connectivity index (χ1) is 7.56. The Morgan fingerprint density at radius 1 is 1.44 bits per heavy atom. The van der Waals surface area contributed by atoms with Crippen molar-refractivity contribution in [2.75, 3.05) is 20.6 Å². The maximum absolute atomic E-state index is 11.7. The maximum atomic E-state index is 11.7. The summed E-state index contributed by atoms with van der Waals surface area (Å²) in [5, 5.41) is 3.56. The van der Waals surface area contributed by atoms with E-state index >= 15 is 0 Å². The summed E-state index contributed by atoms with van der Waals surface area (Å²) in [5.74, 6) is 0.0740. The lowest BCUT2D eigenvalue weighted by atomic mass is 10.1. The number of hydrogen-bond donors (Lipinski definition) is 1. The van der Waals surface area contributed by atoms with E-state index in [1.165, 1.54) is 0 Å². The third-order valence-corrected chi connectivity index (χ3v) is 2.91. The second-order valence-corrected chi connectivity index (χ2v) is 4.20. The van der Waals surface area contributed by atoms with E-state index in [4.69, 9.17) is 11.6 Å². The molecule has 0 spiro atoms. The summed E-state index contributed by atoms with van der Waals surface area (Å²) in [7, 11) is 3.57. The Morgan fingerprint density at radius 2 is 2.00 bits per heavy atom. The third-order valence-electron chi connectivity index (χ3n) is 2.65. The molecule has 1 aromatic carbocycles. The van der Waals surface area contributed by atoms with Crippen LogP contribution in [0.3, 0.4) is 0 Å². The number of rotatable bonds is 4. The van der Waals surface area contributed by atoms with Crippen molar-refractivity contribution >= 4 is 17.5 Å². The zero-order valence-electron chi connectivity index (χ0n) is 9.83. The summed E-state index contributed by atoms with van der Waals surface area (Å²) in [5.41, 5.74) is 1.08. The van der Waals surface area contributed by atoms with Crippen molar-refractivity contribution in [3.8, 4) is 0 Å². The molecule has 0 aliphatic heterocycles. The molecule has 1 atom stereocenters. The molecule has 1 rings (SSSR count). The van der Waals surface area contributed by atoms with Crippen molar-refractivity contribution in [3.63, 3.8) is 0 Å². The lowest BCUT2D eigenvalue weighted by Crippen LogP contribution is -2.35. The highest BCUT2D eigenvalue weighted by molar-refractivity contribution is 6.30. The van der Waals surface area contributed by atoms with Crippen molar-refractivity contribution in [1.82, 2.24) is 10.2 Å². The summed E-state index contributed by atoms with van der Waals surface area (Å²) >= 11 is 5.82. The van der Waals surface area contributed by atoms with E-state index in [1.807, 2.05) is 31.2 Å². The minimum Gasteiger partial charge on any atom is -0.338 e. The molecule has 0 heterocycles. The Bertz CT molecular complexity index is 351. The van der Waals surface area contributed by atoms with Crippen LogP contribution in [-0.4, -0.2) is 31.4 Å². The topological polar surface area (TPSA) is 32.3 Å². The van der Waals surface area contributed by atoms with Crippen LogP contribution in [0.2, 0.25) is 5.02 Å². The van der Waals surface area contributed by atoms with Gasteiger partial charge in [-0.3, -0.25) is 4.79 Å². The van der Waals surface area contributed by atoms with Gasteiger partial charge in [0, 0.05) is 12.1 Å². The predicted molar refractivity (Wildman–Crippen MR) is 66.6 cm³/mol. The van der Waals surface area contributed by atoms with Crippen molar-refractivity contribution in [1.29, 1.82) is 0 Å². The molecule has 88 valence electrons. The fourth-order valence-corrected chi connectivity index (χ4v) is 1.58. The first-order valence-corrected chi connectivity index (χ1v) is 5.59. The number of carbonyl (C=O) groups excluding carboxylic acids is 1. The molecule has 1 unspecified atom stereocenters. The van der Waals surface area contributed by atoms with E-state index in [0.29, 0.717) is 11.6 Å². The predicted octanol–water partition coefficient (Wildman–Crippen LogP) is 2.08. The fourth-order valence-electron chi connectivity index (χ4n) is 1.46. The van der Waals surface area contributed by atoms with Crippen LogP contribution in [0.4, 0.5) is 0 Å². The quantitative estimate of drug-likeness (QED) is 0.874. The molecule has 0 aliphatic rings. The van der Waals surface area contributed by atoms with Gasteiger partial charge in [0.25, 0.3) is 0 Å². The molecule has 0 saturated heterocycles. The number of likely N-dealkylation sites (N-methyl/N-ethyl adjacent to an activating group) is 2. The third kappa shape index (κ3) is 3.22. The second kappa shape index (κ2) is 5.87. The number of halogens is 1. The van der Waals surface area contributed by atoms with Gasteiger partial charge in [0.15, 0.2) is 0 Å². The van der Waals surface area contributed by atoms with Crippen molar-refractivity contribution in [2.24, 2.45) is 0 Å². The highest BCUT2D eigenvalue weighted by atomic mass is 35.5. The number of nitrogens with zero attached hydrogens (tertiary/aromatic N) is 1. The van der Waals surface area contributed by atoms with Crippen LogP contribution in [0.15, 0.2) is 24.3 Å². The van der Waals surface area contributed by atoms with Crippen LogP contribution in [0.1, 0.15) is 18.5 Å². The standard InChI is InChI=1S/C12H17ClN2O/c1-9(15(3)12(16)8-14-2)10-4-6-11(13)7-5-10/h4-7,9,14H,8H2,1-3H3. The van der Waals surface area contributed by atoms with E-state index in [0.717, 1.165) is 5.56 Å². The first-order valence-electron chi connectivity index (χ1n) is 5.22. The zero-order valence-corrected chi connectivity index (χ0v) is 10.6. The van der Waals surface area contributed by atoms with Gasteiger partial charge in [-0.15, -0.1) is 0 Å². The Kier molecular flexibility index (Phi) is 4.77. The van der Waals surface area contributed by atoms with Crippen molar-refractivity contribution in [2.45, 2.75) is 13.0 Å². The average molecular weight is 241 g/mol. The summed E-state index contributed by atoms with van der Waals surface area (Å²) in [6.45, 7) is 2.35. The molecule has 3 nitrogen and oxygen atoms in total. The van der Waals surface area contributed by atoms with Gasteiger partial charge in [-0.2, -0.15) is 0 Å². The lowest BCUT2D eigenvalue weighted by molar-refractivity contribution is -0.130. The Morgan fingerprint density at radius 3 is 2.50 bits per heavy atom. The zero-order chi connectivity index (χ0) is 12.1. The van der Waals surface area contributed by atoms with Gasteiger partial charge in [-0.25, -0.2) is 0 Å². The smallest absolute Gasteiger partial charge is 0.236 e. The van der Waals surface area contributed by atoms with Crippen LogP contribution in [0.5, 0.6) is 0 Å². The number of nitrogens with one attached hydrogen (secondary N) is 1. The number of carbonyl (C=O) groups is 1. The molecular formula is C12H17ClN2O. The molecule has 0 aromatic heterocycles. The van der Waals surface area contributed by atoms with Gasteiger partial charge in [0.2, 0.25) is 5.91 Å². The normalized spacial score (nSPS) is 12.2. The Labute approximate surface area is 101 Å².